The van der Waals surface area contributed by atoms with Gasteiger partial charge in [-0.05, 0) is 31.6 Å². The maximum absolute atomic E-state index is 14.9. The number of benzene rings is 1. The average molecular weight is 652 g/mol. The molecule has 10 nitrogen and oxygen atoms in total. The molecule has 42 heavy (non-hydrogen) atoms. The molecule has 12 heteroatoms. The molecule has 1 N–H and O–H groups in total. The molecule has 0 saturated heterocycles. The fourth-order valence-corrected chi connectivity index (χ4v) is 5.50. The van der Waals surface area contributed by atoms with Crippen molar-refractivity contribution in [1.29, 1.82) is 0 Å². The van der Waals surface area contributed by atoms with Crippen LogP contribution >= 0.6 is 15.9 Å². The third-order valence-corrected chi connectivity index (χ3v) is 7.68. The first kappa shape index (κ1) is 32.4. The first-order valence-corrected chi connectivity index (χ1v) is 15.2. The zero-order chi connectivity index (χ0) is 29.7. The number of amides is 1. The predicted octanol–water partition coefficient (Wildman–Crippen LogP) is 2.90. The average Bonchev–Trinajstić information content (AvgIpc) is 3.39. The van der Waals surface area contributed by atoms with Crippen molar-refractivity contribution < 1.29 is 32.9 Å². The molecule has 0 fully saturated rings. The monoisotopic (exact) mass is 650 g/mol. The summed E-state index contributed by atoms with van der Waals surface area (Å²) in [5.74, 6) is -0.516. The van der Waals surface area contributed by atoms with Gasteiger partial charge >= 0.3 is 0 Å². The molecule has 2 heterocycles. The number of hydrogen-bond acceptors (Lipinski definition) is 9. The van der Waals surface area contributed by atoms with Crippen LogP contribution < -0.4 is 5.32 Å². The van der Waals surface area contributed by atoms with Crippen LogP contribution in [0.5, 0.6) is 0 Å². The Balaban J connectivity index is 1.22. The second-order valence-electron chi connectivity index (χ2n) is 9.98. The fourth-order valence-electron chi connectivity index (χ4n) is 5.02. The summed E-state index contributed by atoms with van der Waals surface area (Å²) >= 11 is 3.67. The van der Waals surface area contributed by atoms with Gasteiger partial charge in [0.15, 0.2) is 6.04 Å². The van der Waals surface area contributed by atoms with E-state index >= 15 is 0 Å². The summed E-state index contributed by atoms with van der Waals surface area (Å²) in [6, 6.07) is 5.39. The van der Waals surface area contributed by atoms with Crippen LogP contribution in [-0.4, -0.2) is 119 Å². The van der Waals surface area contributed by atoms with Crippen molar-refractivity contribution in [3.63, 3.8) is 0 Å². The highest BCUT2D eigenvalue weighted by Gasteiger charge is 2.44. The molecule has 3 unspecified atom stereocenters. The summed E-state index contributed by atoms with van der Waals surface area (Å²) < 4.78 is 41.6. The van der Waals surface area contributed by atoms with E-state index in [1.807, 2.05) is 24.0 Å². The van der Waals surface area contributed by atoms with Crippen molar-refractivity contribution in [1.82, 2.24) is 10.2 Å². The number of hydrogen-bond donors (Lipinski definition) is 1. The van der Waals surface area contributed by atoms with Crippen molar-refractivity contribution in [3.05, 3.63) is 59.1 Å². The van der Waals surface area contributed by atoms with Crippen molar-refractivity contribution in [2.75, 3.05) is 73.1 Å². The number of nitrogens with one attached hydrogen (secondary N) is 1. The summed E-state index contributed by atoms with van der Waals surface area (Å²) in [6.07, 6.45) is 6.43. The fraction of sp³-hybridized carbons (Fsp3) is 0.567. The molecular formula is C30H40BrFN4O6. The molecule has 0 aromatic heterocycles. The van der Waals surface area contributed by atoms with Crippen LogP contribution in [-0.2, 0) is 28.5 Å². The van der Waals surface area contributed by atoms with Gasteiger partial charge in [-0.25, -0.2) is 4.39 Å². The van der Waals surface area contributed by atoms with Crippen LogP contribution in [0, 0.1) is 5.82 Å². The highest BCUT2D eigenvalue weighted by atomic mass is 79.9. The summed E-state index contributed by atoms with van der Waals surface area (Å²) in [6.45, 7) is 6.62. The van der Waals surface area contributed by atoms with Crippen LogP contribution in [0.1, 0.15) is 18.9 Å². The van der Waals surface area contributed by atoms with E-state index in [0.29, 0.717) is 83.7 Å². The molecule has 1 aromatic carbocycles. The number of alkyl halides is 1. The Morgan fingerprint density at radius 3 is 2.33 bits per heavy atom. The number of allylic oxidation sites excluding steroid dienone is 3. The molecule has 2 aliphatic heterocycles. The van der Waals surface area contributed by atoms with Gasteiger partial charge in [0.2, 0.25) is 5.91 Å². The lowest BCUT2D eigenvalue weighted by Gasteiger charge is -2.31. The Hall–Kier alpha value is -2.48. The standard InChI is InChI=1S/C30H40BrFN4O6/c1-21-29-28(30(37)33-9-10-39-13-14-41-17-18-42-16-15-40-12-11-38-2)34-20-36(29)26-8-7-22(31)19-24(26)27(35-21)23-5-3-4-6-25(23)32/h3-8,20-22,28-29H,9-19H2,1-2H3,(H,33,37)/t21-,22?,28?,29?/m1/s1. The van der Waals surface area contributed by atoms with Gasteiger partial charge in [-0.15, -0.1) is 0 Å². The molecule has 1 aliphatic carbocycles. The van der Waals surface area contributed by atoms with E-state index < -0.39 is 6.04 Å². The highest BCUT2D eigenvalue weighted by Crippen LogP contribution is 2.36. The Labute approximate surface area is 255 Å². The third kappa shape index (κ3) is 8.77. The zero-order valence-corrected chi connectivity index (χ0v) is 25.8. The number of methoxy groups -OCH3 is 1. The van der Waals surface area contributed by atoms with Gasteiger partial charge in [0.25, 0.3) is 0 Å². The first-order valence-electron chi connectivity index (χ1n) is 14.3. The van der Waals surface area contributed by atoms with Crippen molar-refractivity contribution >= 4 is 33.9 Å². The van der Waals surface area contributed by atoms with E-state index in [4.69, 9.17) is 28.7 Å². The lowest BCUT2D eigenvalue weighted by molar-refractivity contribution is -0.123. The van der Waals surface area contributed by atoms with E-state index in [1.165, 1.54) is 6.07 Å². The van der Waals surface area contributed by atoms with Crippen LogP contribution in [0.25, 0.3) is 0 Å². The SMILES string of the molecule is COCCOCCOCCOCCOCCNC(=O)C1N=CN2C3=C(CC(Br)C=C3)C(c3ccccc3F)=N[C@H](C)C12. The largest absolute Gasteiger partial charge is 0.382 e. The van der Waals surface area contributed by atoms with E-state index in [2.05, 4.69) is 32.3 Å². The second kappa shape index (κ2) is 17.0. The van der Waals surface area contributed by atoms with Crippen LogP contribution in [0.3, 0.4) is 0 Å². The molecule has 4 atom stereocenters. The van der Waals surface area contributed by atoms with E-state index in [9.17, 15) is 9.18 Å². The molecule has 1 amide bonds. The Bertz CT molecular complexity index is 1160. The van der Waals surface area contributed by atoms with E-state index in [1.54, 1.807) is 25.6 Å². The summed E-state index contributed by atoms with van der Waals surface area (Å²) in [5, 5.41) is 2.94. The van der Waals surface area contributed by atoms with Gasteiger partial charge in [-0.2, -0.15) is 0 Å². The second-order valence-corrected chi connectivity index (χ2v) is 11.2. The number of carbonyl (C=O) groups excluding carboxylic acids is 1. The molecule has 4 rings (SSSR count). The minimum Gasteiger partial charge on any atom is -0.382 e. The minimum atomic E-state index is -0.652. The van der Waals surface area contributed by atoms with Crippen LogP contribution in [0.15, 0.2) is 57.7 Å². The summed E-state index contributed by atoms with van der Waals surface area (Å²) in [7, 11) is 1.64. The number of ether oxygens (including phenoxy) is 5. The number of fused-ring (bicyclic) bond motifs is 2. The number of carbonyl (C=O) groups is 1. The van der Waals surface area contributed by atoms with Gasteiger partial charge in [0, 0.05) is 35.3 Å². The molecule has 0 bridgehead atoms. The van der Waals surface area contributed by atoms with Gasteiger partial charge in [0.1, 0.15) is 5.82 Å². The maximum Gasteiger partial charge on any atom is 0.247 e. The van der Waals surface area contributed by atoms with Gasteiger partial charge < -0.3 is 33.9 Å². The molecule has 230 valence electrons. The highest BCUT2D eigenvalue weighted by molar-refractivity contribution is 9.09. The summed E-state index contributed by atoms with van der Waals surface area (Å²) in [5.41, 5.74) is 2.91. The number of rotatable bonds is 17. The lowest BCUT2D eigenvalue weighted by Crippen LogP contribution is -2.49. The topological polar surface area (TPSA) is 103 Å². The van der Waals surface area contributed by atoms with Gasteiger partial charge in [-0.1, -0.05) is 34.1 Å². The third-order valence-electron chi connectivity index (χ3n) is 7.05. The zero-order valence-electron chi connectivity index (χ0n) is 24.2. The smallest absolute Gasteiger partial charge is 0.247 e. The predicted molar refractivity (Wildman–Crippen MR) is 162 cm³/mol. The molecule has 0 spiro atoms. The van der Waals surface area contributed by atoms with Crippen molar-refractivity contribution in [3.8, 4) is 0 Å². The quantitative estimate of drug-likeness (QED) is 0.204. The van der Waals surface area contributed by atoms with Crippen molar-refractivity contribution in [2.24, 2.45) is 9.98 Å². The molecule has 0 saturated carbocycles. The number of nitrogens with zero attached hydrogens (tertiary/aromatic N) is 3. The Kier molecular flexibility index (Phi) is 13.1. The Morgan fingerprint density at radius 2 is 1.67 bits per heavy atom. The number of halogens is 2. The number of aliphatic imine (C=N–C) groups is 2. The van der Waals surface area contributed by atoms with Gasteiger partial charge in [-0.3, -0.25) is 14.8 Å². The maximum atomic E-state index is 14.9. The lowest BCUT2D eigenvalue weighted by atomic mass is 9.92. The van der Waals surface area contributed by atoms with E-state index in [-0.39, 0.29) is 28.6 Å². The molecule has 3 aliphatic rings. The summed E-state index contributed by atoms with van der Waals surface area (Å²) in [4.78, 5) is 24.9. The normalized spacial score (nSPS) is 23.0. The molecule has 0 radical (unpaired) electrons. The Morgan fingerprint density at radius 1 is 1.02 bits per heavy atom. The molecular weight excluding hydrogens is 611 g/mol. The van der Waals surface area contributed by atoms with Gasteiger partial charge in [0.05, 0.1) is 83.6 Å². The van der Waals surface area contributed by atoms with E-state index in [0.717, 1.165) is 11.3 Å². The molecule has 1 aromatic rings. The minimum absolute atomic E-state index is 0.105. The van der Waals surface area contributed by atoms with Crippen LogP contribution in [0.2, 0.25) is 0 Å². The van der Waals surface area contributed by atoms with Crippen LogP contribution in [0.4, 0.5) is 4.39 Å². The van der Waals surface area contributed by atoms with Crippen molar-refractivity contribution in [2.45, 2.75) is 36.3 Å². The first-order chi connectivity index (χ1) is 20.5.